The summed E-state index contributed by atoms with van der Waals surface area (Å²) in [5, 5.41) is 8.01. The number of hydrogen-bond donors (Lipinski definition) is 0. The lowest BCUT2D eigenvalue weighted by molar-refractivity contribution is -0.144. The Labute approximate surface area is 141 Å². The number of urea groups is 1. The second kappa shape index (κ2) is 5.76. The van der Waals surface area contributed by atoms with Crippen LogP contribution in [-0.4, -0.2) is 48.7 Å². The molecule has 128 valence electrons. The van der Waals surface area contributed by atoms with Crippen LogP contribution >= 0.6 is 0 Å². The van der Waals surface area contributed by atoms with Crippen LogP contribution in [0.25, 0.3) is 10.9 Å². The predicted octanol–water partition coefficient (Wildman–Crippen LogP) is 0.482. The lowest BCUT2D eigenvalue weighted by Gasteiger charge is -2.21. The zero-order chi connectivity index (χ0) is 17.6. The first-order valence-electron chi connectivity index (χ1n) is 8.09. The van der Waals surface area contributed by atoms with Crippen molar-refractivity contribution in [3.63, 3.8) is 0 Å². The van der Waals surface area contributed by atoms with Gasteiger partial charge < -0.3 is 0 Å². The Bertz CT molecular complexity index is 947. The van der Waals surface area contributed by atoms with E-state index in [2.05, 4.69) is 10.3 Å². The normalized spacial score (nSPS) is 18.8. The molecule has 2 fully saturated rings. The van der Waals surface area contributed by atoms with Gasteiger partial charge in [0.1, 0.15) is 12.2 Å². The minimum atomic E-state index is -0.932. The number of aromatic nitrogens is 3. The van der Waals surface area contributed by atoms with Crippen molar-refractivity contribution in [2.45, 2.75) is 38.4 Å². The minimum Gasteiger partial charge on any atom is -0.267 e. The van der Waals surface area contributed by atoms with E-state index >= 15 is 0 Å². The second-order valence-electron chi connectivity index (χ2n) is 6.18. The molecule has 1 saturated carbocycles. The van der Waals surface area contributed by atoms with E-state index in [0.717, 1.165) is 27.3 Å². The fourth-order valence-electron chi connectivity index (χ4n) is 3.38. The third kappa shape index (κ3) is 2.39. The molecule has 1 aliphatic carbocycles. The summed E-state index contributed by atoms with van der Waals surface area (Å²) in [4.78, 5) is 51.2. The quantitative estimate of drug-likeness (QED) is 0.594. The van der Waals surface area contributed by atoms with E-state index < -0.39 is 30.1 Å². The number of carbonyl (C=O) groups is 3. The molecule has 0 bridgehead atoms. The second-order valence-corrected chi connectivity index (χ2v) is 6.18. The Kier molecular flexibility index (Phi) is 3.56. The van der Waals surface area contributed by atoms with Crippen molar-refractivity contribution in [2.24, 2.45) is 0 Å². The molecule has 1 saturated heterocycles. The number of fused-ring (bicyclic) bond motifs is 1. The molecule has 9 nitrogen and oxygen atoms in total. The Morgan fingerprint density at radius 1 is 1.00 bits per heavy atom. The largest absolute Gasteiger partial charge is 0.336 e. The number of nitrogens with zero attached hydrogens (tertiary/aromatic N) is 5. The van der Waals surface area contributed by atoms with Crippen LogP contribution in [-0.2, 0) is 16.3 Å². The highest BCUT2D eigenvalue weighted by Crippen LogP contribution is 2.27. The maximum absolute atomic E-state index is 12.5. The molecule has 4 rings (SSSR count). The van der Waals surface area contributed by atoms with E-state index in [1.807, 2.05) is 0 Å². The van der Waals surface area contributed by atoms with Gasteiger partial charge in [-0.25, -0.2) is 9.69 Å². The molecule has 2 aromatic rings. The first-order valence-corrected chi connectivity index (χ1v) is 8.09. The molecular formula is C16H15N5O4. The molecule has 0 N–H and O–H groups in total. The van der Waals surface area contributed by atoms with Gasteiger partial charge in [0.25, 0.3) is 5.56 Å². The highest BCUT2D eigenvalue weighted by Gasteiger charge is 2.48. The van der Waals surface area contributed by atoms with Crippen LogP contribution in [0.15, 0.2) is 29.1 Å². The number of hydrogen-bond acceptors (Lipinski definition) is 6. The number of amides is 4. The predicted molar refractivity (Wildman–Crippen MR) is 85.1 cm³/mol. The van der Waals surface area contributed by atoms with Crippen molar-refractivity contribution in [3.05, 3.63) is 34.6 Å². The van der Waals surface area contributed by atoms with E-state index in [0.29, 0.717) is 23.7 Å². The fraction of sp³-hybridized carbons (Fsp3) is 0.375. The molecule has 25 heavy (non-hydrogen) atoms. The molecule has 2 aliphatic rings. The summed E-state index contributed by atoms with van der Waals surface area (Å²) in [6, 6.07) is 5.72. The SMILES string of the molecule is O=C1C(=O)N(C2CCCC2)C(=O)N1Cn1nnc2ccccc2c1=O. The third-order valence-electron chi connectivity index (χ3n) is 4.68. The van der Waals surface area contributed by atoms with Gasteiger partial charge in [-0.05, 0) is 25.0 Å². The monoisotopic (exact) mass is 341 g/mol. The van der Waals surface area contributed by atoms with E-state index in [-0.39, 0.29) is 6.04 Å². The van der Waals surface area contributed by atoms with Gasteiger partial charge in [-0.2, -0.15) is 4.68 Å². The average molecular weight is 341 g/mol. The van der Waals surface area contributed by atoms with E-state index in [1.54, 1.807) is 24.3 Å². The van der Waals surface area contributed by atoms with Crippen molar-refractivity contribution in [1.82, 2.24) is 24.8 Å². The molecule has 1 aromatic heterocycles. The fourth-order valence-corrected chi connectivity index (χ4v) is 3.38. The molecule has 4 amide bonds. The van der Waals surface area contributed by atoms with Crippen LogP contribution in [0.3, 0.4) is 0 Å². The third-order valence-corrected chi connectivity index (χ3v) is 4.68. The van der Waals surface area contributed by atoms with E-state index in [1.165, 1.54) is 0 Å². The van der Waals surface area contributed by atoms with Crippen molar-refractivity contribution in [3.8, 4) is 0 Å². The maximum Gasteiger partial charge on any atom is 0.336 e. The van der Waals surface area contributed by atoms with Gasteiger partial charge in [0.2, 0.25) is 0 Å². The Hall–Kier alpha value is -3.10. The molecule has 2 heterocycles. The summed E-state index contributed by atoms with van der Waals surface area (Å²) in [5.74, 6) is -1.77. The van der Waals surface area contributed by atoms with Crippen molar-refractivity contribution < 1.29 is 14.4 Å². The highest BCUT2D eigenvalue weighted by molar-refractivity contribution is 6.44. The van der Waals surface area contributed by atoms with Crippen LogP contribution in [0.1, 0.15) is 25.7 Å². The maximum atomic E-state index is 12.5. The summed E-state index contributed by atoms with van der Waals surface area (Å²) in [5.41, 5.74) is -0.0514. The summed E-state index contributed by atoms with van der Waals surface area (Å²) in [6.07, 6.45) is 3.25. The standard InChI is InChI=1S/C16H15N5O4/c22-13-11-7-3-4-8-12(11)17-18-20(13)9-19-14(23)15(24)21(16(19)25)10-5-1-2-6-10/h3-4,7-8,10H,1-2,5-6,9H2. The first kappa shape index (κ1) is 15.4. The first-order chi connectivity index (χ1) is 12.1. The summed E-state index contributed by atoms with van der Waals surface area (Å²) in [7, 11) is 0. The van der Waals surface area contributed by atoms with E-state index in [4.69, 9.17) is 0 Å². The van der Waals surface area contributed by atoms with Gasteiger partial charge in [0, 0.05) is 6.04 Å². The van der Waals surface area contributed by atoms with Crippen LogP contribution in [0.5, 0.6) is 0 Å². The highest BCUT2D eigenvalue weighted by atomic mass is 16.2. The summed E-state index contributed by atoms with van der Waals surface area (Å²) in [6.45, 7) is -0.427. The van der Waals surface area contributed by atoms with E-state index in [9.17, 15) is 19.2 Å². The summed E-state index contributed by atoms with van der Waals surface area (Å²) < 4.78 is 0.920. The molecule has 0 unspecified atom stereocenters. The molecule has 0 spiro atoms. The molecule has 0 atom stereocenters. The van der Waals surface area contributed by atoms with Crippen molar-refractivity contribution in [2.75, 3.05) is 0 Å². The van der Waals surface area contributed by atoms with Crippen LogP contribution < -0.4 is 5.56 Å². The number of rotatable bonds is 3. The number of carbonyl (C=O) groups excluding carboxylic acids is 3. The average Bonchev–Trinajstić information content (AvgIpc) is 3.21. The molecule has 0 radical (unpaired) electrons. The van der Waals surface area contributed by atoms with Crippen LogP contribution in [0.2, 0.25) is 0 Å². The lowest BCUT2D eigenvalue weighted by atomic mass is 10.2. The van der Waals surface area contributed by atoms with Gasteiger partial charge in [-0.1, -0.05) is 30.2 Å². The molecule has 1 aliphatic heterocycles. The minimum absolute atomic E-state index is 0.242. The Balaban J connectivity index is 1.65. The topological polar surface area (TPSA) is 105 Å². The number of imide groups is 2. The molecular weight excluding hydrogens is 326 g/mol. The van der Waals surface area contributed by atoms with Crippen LogP contribution in [0, 0.1) is 0 Å². The zero-order valence-corrected chi connectivity index (χ0v) is 13.3. The van der Waals surface area contributed by atoms with Crippen molar-refractivity contribution >= 4 is 28.7 Å². The van der Waals surface area contributed by atoms with Gasteiger partial charge in [-0.15, -0.1) is 5.10 Å². The van der Waals surface area contributed by atoms with Crippen molar-refractivity contribution in [1.29, 1.82) is 0 Å². The Morgan fingerprint density at radius 3 is 2.48 bits per heavy atom. The summed E-state index contributed by atoms with van der Waals surface area (Å²) >= 11 is 0. The molecule has 9 heteroatoms. The van der Waals surface area contributed by atoms with Crippen LogP contribution in [0.4, 0.5) is 4.79 Å². The number of benzene rings is 1. The lowest BCUT2D eigenvalue weighted by Crippen LogP contribution is -2.41. The van der Waals surface area contributed by atoms with Gasteiger partial charge in [-0.3, -0.25) is 19.3 Å². The van der Waals surface area contributed by atoms with Gasteiger partial charge in [0.15, 0.2) is 0 Å². The smallest absolute Gasteiger partial charge is 0.267 e. The van der Waals surface area contributed by atoms with Gasteiger partial charge >= 0.3 is 17.8 Å². The zero-order valence-electron chi connectivity index (χ0n) is 13.3. The Morgan fingerprint density at radius 2 is 1.72 bits per heavy atom. The molecule has 1 aromatic carbocycles. The van der Waals surface area contributed by atoms with Gasteiger partial charge in [0.05, 0.1) is 5.39 Å².